The molecular weight excluding hydrogens is 366 g/mol. The van der Waals surface area contributed by atoms with Crippen LogP contribution in [0.3, 0.4) is 0 Å². The first-order valence-electron chi connectivity index (χ1n) is 6.76. The molecule has 4 heteroatoms. The number of halogens is 2. The summed E-state index contributed by atoms with van der Waals surface area (Å²) in [4.78, 5) is 0. The molecule has 1 aromatic heterocycles. The number of rotatable bonds is 4. The molecule has 0 saturated heterocycles. The summed E-state index contributed by atoms with van der Waals surface area (Å²) >= 11 is 11.6. The number of fused-ring (bicyclic) bond motifs is 1. The van der Waals surface area contributed by atoms with E-state index >= 15 is 0 Å². The Balaban J connectivity index is 1.96. The van der Waals surface area contributed by atoms with E-state index in [1.807, 2.05) is 25.2 Å². The maximum Gasteiger partial charge on any atom is 0.0410 e. The molecule has 0 aliphatic heterocycles. The zero-order valence-electron chi connectivity index (χ0n) is 11.6. The van der Waals surface area contributed by atoms with Gasteiger partial charge in [-0.3, -0.25) is 0 Å². The van der Waals surface area contributed by atoms with Gasteiger partial charge in [0.2, 0.25) is 0 Å². The second kappa shape index (κ2) is 6.49. The largest absolute Gasteiger partial charge is 0.313 e. The molecule has 1 N–H and O–H groups in total. The van der Waals surface area contributed by atoms with Gasteiger partial charge in [0.05, 0.1) is 0 Å². The Morgan fingerprint density at radius 1 is 1.24 bits per heavy atom. The summed E-state index contributed by atoms with van der Waals surface area (Å²) in [5.41, 5.74) is 2.57. The molecule has 3 aromatic rings. The summed E-state index contributed by atoms with van der Waals surface area (Å²) in [6, 6.07) is 14.7. The van der Waals surface area contributed by atoms with Gasteiger partial charge in [0.1, 0.15) is 0 Å². The molecule has 1 atom stereocenters. The molecule has 3 rings (SSSR count). The summed E-state index contributed by atoms with van der Waals surface area (Å²) in [5.74, 6) is 0. The number of hydrogen-bond donors (Lipinski definition) is 1. The van der Waals surface area contributed by atoms with Crippen LogP contribution in [0.2, 0.25) is 5.02 Å². The van der Waals surface area contributed by atoms with Crippen molar-refractivity contribution in [2.45, 2.75) is 12.5 Å². The van der Waals surface area contributed by atoms with Crippen LogP contribution in [0.25, 0.3) is 10.1 Å². The minimum atomic E-state index is 0.232. The number of nitrogens with one attached hydrogen (secondary N) is 1. The second-order valence-electron chi connectivity index (χ2n) is 4.97. The summed E-state index contributed by atoms with van der Waals surface area (Å²) in [6.45, 7) is 0. The summed E-state index contributed by atoms with van der Waals surface area (Å²) in [6.07, 6.45) is 0.944. The molecule has 108 valence electrons. The number of likely N-dealkylation sites (N-methyl/N-ethyl adjacent to an activating group) is 1. The highest BCUT2D eigenvalue weighted by Crippen LogP contribution is 2.32. The van der Waals surface area contributed by atoms with E-state index in [0.29, 0.717) is 0 Å². The quantitative estimate of drug-likeness (QED) is 0.601. The highest BCUT2D eigenvalue weighted by atomic mass is 79.9. The van der Waals surface area contributed by atoms with Crippen molar-refractivity contribution >= 4 is 49.0 Å². The lowest BCUT2D eigenvalue weighted by Crippen LogP contribution is -2.19. The van der Waals surface area contributed by atoms with Gasteiger partial charge in [-0.1, -0.05) is 45.7 Å². The normalized spacial score (nSPS) is 12.7. The van der Waals surface area contributed by atoms with E-state index in [4.69, 9.17) is 11.6 Å². The molecule has 0 bridgehead atoms. The zero-order chi connectivity index (χ0) is 14.8. The Hall–Kier alpha value is -0.870. The van der Waals surface area contributed by atoms with E-state index in [2.05, 4.69) is 50.9 Å². The van der Waals surface area contributed by atoms with Gasteiger partial charge in [0.25, 0.3) is 0 Å². The minimum absolute atomic E-state index is 0.232. The molecule has 1 heterocycles. The molecule has 2 aromatic carbocycles. The zero-order valence-corrected chi connectivity index (χ0v) is 14.7. The third-order valence-electron chi connectivity index (χ3n) is 3.67. The van der Waals surface area contributed by atoms with Crippen LogP contribution >= 0.6 is 38.9 Å². The minimum Gasteiger partial charge on any atom is -0.313 e. The van der Waals surface area contributed by atoms with Crippen molar-refractivity contribution in [3.63, 3.8) is 0 Å². The fourth-order valence-electron chi connectivity index (χ4n) is 2.56. The van der Waals surface area contributed by atoms with Crippen LogP contribution in [-0.2, 0) is 6.42 Å². The van der Waals surface area contributed by atoms with Crippen molar-refractivity contribution in [1.82, 2.24) is 5.32 Å². The molecule has 0 fully saturated rings. The number of benzene rings is 2. The van der Waals surface area contributed by atoms with Crippen LogP contribution in [0.5, 0.6) is 0 Å². The van der Waals surface area contributed by atoms with Crippen LogP contribution in [0.15, 0.2) is 52.3 Å². The molecule has 0 aliphatic carbocycles. The highest BCUT2D eigenvalue weighted by Gasteiger charge is 2.16. The van der Waals surface area contributed by atoms with Crippen molar-refractivity contribution < 1.29 is 0 Å². The Bertz CT molecular complexity index is 768. The Labute approximate surface area is 142 Å². The summed E-state index contributed by atoms with van der Waals surface area (Å²) in [5, 5.41) is 7.78. The molecule has 0 radical (unpaired) electrons. The van der Waals surface area contributed by atoms with Gasteiger partial charge in [0, 0.05) is 20.2 Å². The molecule has 1 unspecified atom stereocenters. The lowest BCUT2D eigenvalue weighted by Gasteiger charge is -2.18. The highest BCUT2D eigenvalue weighted by molar-refractivity contribution is 9.10. The number of thiophene rings is 1. The van der Waals surface area contributed by atoms with Crippen LogP contribution in [0.4, 0.5) is 0 Å². The molecule has 0 spiro atoms. The molecular formula is C17H15BrClNS. The van der Waals surface area contributed by atoms with Gasteiger partial charge in [0.15, 0.2) is 0 Å². The Morgan fingerprint density at radius 3 is 2.86 bits per heavy atom. The second-order valence-corrected chi connectivity index (χ2v) is 7.17. The third kappa shape index (κ3) is 3.16. The van der Waals surface area contributed by atoms with Crippen LogP contribution in [0.1, 0.15) is 17.2 Å². The average Bonchev–Trinajstić information content (AvgIpc) is 2.91. The standard InChI is InChI=1S/C17H15BrClNS/c1-20-16(14-9-12(19)6-7-15(14)18)8-11-10-21-17-5-3-2-4-13(11)17/h2-7,9-10,16,20H,8H2,1H3. The molecule has 21 heavy (non-hydrogen) atoms. The predicted molar refractivity (Wildman–Crippen MR) is 96.5 cm³/mol. The van der Waals surface area contributed by atoms with Gasteiger partial charge in [-0.15, -0.1) is 11.3 Å². The van der Waals surface area contributed by atoms with Crippen molar-refractivity contribution in [3.8, 4) is 0 Å². The van der Waals surface area contributed by atoms with E-state index < -0.39 is 0 Å². The summed E-state index contributed by atoms with van der Waals surface area (Å²) in [7, 11) is 1.99. The monoisotopic (exact) mass is 379 g/mol. The molecule has 0 saturated carbocycles. The Morgan fingerprint density at radius 2 is 2.05 bits per heavy atom. The van der Waals surface area contributed by atoms with Crippen molar-refractivity contribution in [1.29, 1.82) is 0 Å². The molecule has 0 aliphatic rings. The SMILES string of the molecule is CNC(Cc1csc2ccccc12)c1cc(Cl)ccc1Br. The number of hydrogen-bond acceptors (Lipinski definition) is 2. The van der Waals surface area contributed by atoms with Crippen LogP contribution < -0.4 is 5.32 Å². The van der Waals surface area contributed by atoms with Gasteiger partial charge in [-0.05, 0) is 59.6 Å². The lowest BCUT2D eigenvalue weighted by molar-refractivity contribution is 0.592. The third-order valence-corrected chi connectivity index (χ3v) is 5.64. The molecule has 0 amide bonds. The van der Waals surface area contributed by atoms with Crippen LogP contribution in [0, 0.1) is 0 Å². The summed E-state index contributed by atoms with van der Waals surface area (Å²) < 4.78 is 2.43. The predicted octanol–water partition coefficient (Wildman–Crippen LogP) is 5.82. The molecule has 1 nitrogen and oxygen atoms in total. The maximum atomic E-state index is 6.15. The van der Waals surface area contributed by atoms with Crippen molar-refractivity contribution in [2.75, 3.05) is 7.05 Å². The first-order chi connectivity index (χ1) is 10.2. The van der Waals surface area contributed by atoms with Gasteiger partial charge < -0.3 is 5.32 Å². The first kappa shape index (κ1) is 15.0. The van der Waals surface area contributed by atoms with E-state index in [1.165, 1.54) is 21.2 Å². The van der Waals surface area contributed by atoms with Crippen molar-refractivity contribution in [2.24, 2.45) is 0 Å². The topological polar surface area (TPSA) is 12.0 Å². The first-order valence-corrected chi connectivity index (χ1v) is 8.81. The smallest absolute Gasteiger partial charge is 0.0410 e. The van der Waals surface area contributed by atoms with Gasteiger partial charge >= 0.3 is 0 Å². The van der Waals surface area contributed by atoms with E-state index in [-0.39, 0.29) is 6.04 Å². The Kier molecular flexibility index (Phi) is 4.65. The fraction of sp³-hybridized carbons (Fsp3) is 0.176. The lowest BCUT2D eigenvalue weighted by atomic mass is 9.98. The van der Waals surface area contributed by atoms with Gasteiger partial charge in [-0.2, -0.15) is 0 Å². The van der Waals surface area contributed by atoms with Crippen LogP contribution in [-0.4, -0.2) is 7.05 Å². The van der Waals surface area contributed by atoms with E-state index in [1.54, 1.807) is 11.3 Å². The van der Waals surface area contributed by atoms with E-state index in [9.17, 15) is 0 Å². The maximum absolute atomic E-state index is 6.15. The average molecular weight is 381 g/mol. The van der Waals surface area contributed by atoms with E-state index in [0.717, 1.165) is 15.9 Å². The fourth-order valence-corrected chi connectivity index (χ4v) is 4.24. The van der Waals surface area contributed by atoms with Crippen molar-refractivity contribution in [3.05, 3.63) is 68.5 Å². The van der Waals surface area contributed by atoms with Gasteiger partial charge in [-0.25, -0.2) is 0 Å².